The first-order valence-corrected chi connectivity index (χ1v) is 11.0. The molecule has 1 aromatic carbocycles. The number of rotatable bonds is 4. The number of carbonyl (C=O) groups is 1. The molecule has 12 heteroatoms. The van der Waals surface area contributed by atoms with Crippen molar-refractivity contribution in [2.75, 3.05) is 38.7 Å². The van der Waals surface area contributed by atoms with Gasteiger partial charge in [-0.25, -0.2) is 9.18 Å². The Labute approximate surface area is 201 Å². The van der Waals surface area contributed by atoms with E-state index in [9.17, 15) is 14.7 Å². The summed E-state index contributed by atoms with van der Waals surface area (Å²) in [5.41, 5.74) is -0.155. The van der Waals surface area contributed by atoms with Crippen LogP contribution >= 0.6 is 12.4 Å². The number of hydrogen-bond acceptors (Lipinski definition) is 7. The van der Waals surface area contributed by atoms with E-state index in [1.165, 1.54) is 19.4 Å². The Bertz CT molecular complexity index is 1150. The fourth-order valence-corrected chi connectivity index (χ4v) is 4.95. The number of methoxy groups -OCH3 is 1. The highest BCUT2D eigenvalue weighted by Gasteiger charge is 2.38. The van der Waals surface area contributed by atoms with Crippen molar-refractivity contribution in [3.63, 3.8) is 0 Å². The topological polar surface area (TPSA) is 127 Å². The van der Waals surface area contributed by atoms with Gasteiger partial charge in [0.15, 0.2) is 18.6 Å². The molecule has 10 nitrogen and oxygen atoms in total. The predicted molar refractivity (Wildman–Crippen MR) is 127 cm³/mol. The molecule has 0 unspecified atom stereocenters. The lowest BCUT2D eigenvalue weighted by Crippen LogP contribution is -2.40. The highest BCUT2D eigenvalue weighted by atomic mass is 35.5. The van der Waals surface area contributed by atoms with Crippen LogP contribution in [-0.2, 0) is 0 Å². The van der Waals surface area contributed by atoms with Gasteiger partial charge < -0.3 is 24.6 Å². The van der Waals surface area contributed by atoms with Gasteiger partial charge in [-0.05, 0) is 44.2 Å². The number of aromatic carboxylic acids is 1. The summed E-state index contributed by atoms with van der Waals surface area (Å²) in [7, 11) is 2.37. The number of pyridine rings is 1. The average molecular weight is 499 g/mol. The molecule has 0 bridgehead atoms. The van der Waals surface area contributed by atoms with Crippen LogP contribution in [-0.4, -0.2) is 60.4 Å². The zero-order chi connectivity index (χ0) is 23.9. The number of aromatic nitrogens is 1. The van der Waals surface area contributed by atoms with E-state index >= 15 is 4.39 Å². The van der Waals surface area contributed by atoms with Crippen molar-refractivity contribution in [3.8, 4) is 5.75 Å². The van der Waals surface area contributed by atoms with E-state index in [4.69, 9.17) is 14.9 Å². The van der Waals surface area contributed by atoms with E-state index in [-0.39, 0.29) is 29.4 Å². The molecule has 0 amide bonds. The van der Waals surface area contributed by atoms with Gasteiger partial charge in [0, 0.05) is 36.3 Å². The molecule has 0 spiro atoms. The zero-order valence-corrected chi connectivity index (χ0v) is 19.8. The van der Waals surface area contributed by atoms with Gasteiger partial charge in [-0.15, -0.1) is 12.4 Å². The molecule has 1 aromatic heterocycles. The third-order valence-electron chi connectivity index (χ3n) is 6.49. The summed E-state index contributed by atoms with van der Waals surface area (Å²) >= 11 is 0. The lowest BCUT2D eigenvalue weighted by molar-refractivity contribution is -0.445. The summed E-state index contributed by atoms with van der Waals surface area (Å²) in [5.74, 6) is -1.07. The number of nitrogens with zero attached hydrogens (tertiary/aromatic N) is 3. The Morgan fingerprint density at radius 3 is 2.56 bits per heavy atom. The van der Waals surface area contributed by atoms with Crippen molar-refractivity contribution >= 4 is 35.0 Å². The lowest BCUT2D eigenvalue weighted by Gasteiger charge is -2.25. The van der Waals surface area contributed by atoms with Crippen LogP contribution in [0.2, 0.25) is 0 Å². The van der Waals surface area contributed by atoms with Crippen LogP contribution in [0.1, 0.15) is 42.1 Å². The minimum Gasteiger partial charge on any atom is -0.492 e. The number of benzene rings is 1. The summed E-state index contributed by atoms with van der Waals surface area (Å²) in [5, 5.41) is 21.8. The fourth-order valence-electron chi connectivity index (χ4n) is 4.95. The third-order valence-corrected chi connectivity index (χ3v) is 6.49. The number of nitrogens with one attached hydrogen (secondary N) is 1. The standard InChI is InChI=1S/C21H24FN3O4.CH3NO2.ClH/c1-29-20-17-13(19(26)14(21(27)28)9-25(17)12-4-5-12)7-15(22)18(20)24-8-11-3-2-6-23-16(11)10-24;1-2(3)4;/h7,9,11-12,16,23H,2-6,8,10H2,1H3,(H,27,28);1H3;1H/t11-,16+;;/m0../s1. The first kappa shape index (κ1) is 25.7. The first-order valence-electron chi connectivity index (χ1n) is 11.0. The smallest absolute Gasteiger partial charge is 0.341 e. The van der Waals surface area contributed by atoms with Gasteiger partial charge >= 0.3 is 5.97 Å². The largest absolute Gasteiger partial charge is 0.492 e. The average Bonchev–Trinajstić information content (AvgIpc) is 3.51. The molecule has 2 atom stereocenters. The molecule has 5 rings (SSSR count). The van der Waals surface area contributed by atoms with Crippen LogP contribution in [0.25, 0.3) is 10.9 Å². The summed E-state index contributed by atoms with van der Waals surface area (Å²) in [4.78, 5) is 34.7. The van der Waals surface area contributed by atoms with Crippen LogP contribution in [0.5, 0.6) is 5.75 Å². The summed E-state index contributed by atoms with van der Waals surface area (Å²) in [6.07, 6.45) is 5.40. The maximum absolute atomic E-state index is 15.3. The molecule has 186 valence electrons. The van der Waals surface area contributed by atoms with Gasteiger partial charge in [-0.3, -0.25) is 14.9 Å². The normalized spacial score (nSPS) is 21.2. The number of hydrogen-bond donors (Lipinski definition) is 2. The minimum absolute atomic E-state index is 0. The number of carboxylic acid groups (broad SMARTS) is 1. The Hall–Kier alpha value is -2.92. The van der Waals surface area contributed by atoms with Crippen LogP contribution in [0, 0.1) is 21.8 Å². The molecule has 2 aliphatic heterocycles. The quantitative estimate of drug-likeness (QED) is 0.486. The van der Waals surface area contributed by atoms with Crippen molar-refractivity contribution in [1.82, 2.24) is 9.88 Å². The summed E-state index contributed by atoms with van der Waals surface area (Å²) < 4.78 is 22.8. The maximum Gasteiger partial charge on any atom is 0.341 e. The molecular formula is C22H28ClFN4O6. The molecule has 34 heavy (non-hydrogen) atoms. The molecule has 3 aliphatic rings. The number of anilines is 1. The van der Waals surface area contributed by atoms with Crippen LogP contribution in [0.15, 0.2) is 17.1 Å². The highest BCUT2D eigenvalue weighted by Crippen LogP contribution is 2.45. The Kier molecular flexibility index (Phi) is 7.67. The zero-order valence-electron chi connectivity index (χ0n) is 19.0. The van der Waals surface area contributed by atoms with E-state index in [0.717, 1.165) is 45.8 Å². The van der Waals surface area contributed by atoms with Gasteiger partial charge in [0.1, 0.15) is 11.3 Å². The molecule has 3 fully saturated rings. The molecule has 0 radical (unpaired) electrons. The maximum atomic E-state index is 15.3. The molecular weight excluding hydrogens is 471 g/mol. The summed E-state index contributed by atoms with van der Waals surface area (Å²) in [6, 6.07) is 1.62. The first-order chi connectivity index (χ1) is 15.7. The van der Waals surface area contributed by atoms with Crippen LogP contribution < -0.4 is 20.4 Å². The minimum atomic E-state index is -1.30. The number of nitro groups is 1. The molecule has 2 aromatic rings. The highest BCUT2D eigenvalue weighted by molar-refractivity contribution is 5.97. The molecule has 1 aliphatic carbocycles. The van der Waals surface area contributed by atoms with E-state index < -0.39 is 22.1 Å². The molecule has 2 saturated heterocycles. The second-order valence-corrected chi connectivity index (χ2v) is 8.76. The molecule has 3 heterocycles. The number of carboxylic acids is 1. The van der Waals surface area contributed by atoms with Gasteiger partial charge in [-0.1, -0.05) is 0 Å². The van der Waals surface area contributed by atoms with E-state index in [2.05, 4.69) is 5.32 Å². The summed E-state index contributed by atoms with van der Waals surface area (Å²) in [6.45, 7) is 2.40. The van der Waals surface area contributed by atoms with Crippen molar-refractivity contribution in [3.05, 3.63) is 44.0 Å². The number of piperidine rings is 1. The monoisotopic (exact) mass is 498 g/mol. The van der Waals surface area contributed by atoms with E-state index in [1.54, 1.807) is 4.57 Å². The van der Waals surface area contributed by atoms with Crippen LogP contribution in [0.4, 0.5) is 10.1 Å². The van der Waals surface area contributed by atoms with Gasteiger partial charge in [0.05, 0.1) is 18.0 Å². The van der Waals surface area contributed by atoms with Crippen LogP contribution in [0.3, 0.4) is 0 Å². The number of ether oxygens (including phenoxy) is 1. The molecule has 1 saturated carbocycles. The van der Waals surface area contributed by atoms with Crippen molar-refractivity contribution in [1.29, 1.82) is 0 Å². The van der Waals surface area contributed by atoms with E-state index in [0.29, 0.717) is 35.5 Å². The number of fused-ring (bicyclic) bond motifs is 2. The Morgan fingerprint density at radius 1 is 1.32 bits per heavy atom. The van der Waals surface area contributed by atoms with Gasteiger partial charge in [0.2, 0.25) is 5.43 Å². The second kappa shape index (κ2) is 10.1. The Balaban J connectivity index is 0.000000603. The lowest BCUT2D eigenvalue weighted by atomic mass is 9.94. The fraction of sp³-hybridized carbons (Fsp3) is 0.545. The van der Waals surface area contributed by atoms with Crippen molar-refractivity contribution < 1.29 is 24.0 Å². The van der Waals surface area contributed by atoms with Crippen molar-refractivity contribution in [2.45, 2.75) is 37.8 Å². The number of halogens is 2. The van der Waals surface area contributed by atoms with Gasteiger partial charge in [0.25, 0.3) is 0 Å². The molecule has 2 N–H and O–H groups in total. The Morgan fingerprint density at radius 2 is 2.00 bits per heavy atom. The SMILES string of the molecule is COc1c(N2C[C@@H]3CCCN[C@@H]3C2)c(F)cc2c(=O)c(C(=O)O)cn(C3CC3)c12.C[N+](=O)[O-].Cl. The van der Waals surface area contributed by atoms with Gasteiger partial charge in [-0.2, -0.15) is 0 Å². The third kappa shape index (κ3) is 4.80. The van der Waals surface area contributed by atoms with Crippen molar-refractivity contribution in [2.24, 2.45) is 5.92 Å². The van der Waals surface area contributed by atoms with E-state index in [1.807, 2.05) is 4.90 Å². The second-order valence-electron chi connectivity index (χ2n) is 8.76. The predicted octanol–water partition coefficient (Wildman–Crippen LogP) is 2.69.